The molecule has 0 heterocycles. The van der Waals surface area contributed by atoms with E-state index in [1.807, 2.05) is 0 Å². The maximum atomic E-state index is 11.6. The van der Waals surface area contributed by atoms with Crippen molar-refractivity contribution < 1.29 is 14.7 Å². The van der Waals surface area contributed by atoms with Crippen molar-refractivity contribution >= 4 is 11.9 Å². The standard InChI is InChI=1S/C11H20N2O3/c1-8(11(15)16)13(2)10(14)7-12-9-5-3-4-6-9/h8-9,12H,3-7H2,1-2H3,(H,15,16). The molecule has 0 spiro atoms. The molecule has 1 unspecified atom stereocenters. The van der Waals surface area contributed by atoms with Crippen LogP contribution in [0.15, 0.2) is 0 Å². The first kappa shape index (κ1) is 13.0. The van der Waals surface area contributed by atoms with Crippen LogP contribution in [0.1, 0.15) is 32.6 Å². The smallest absolute Gasteiger partial charge is 0.326 e. The predicted octanol–water partition coefficient (Wildman–Crippen LogP) is 0.450. The number of carbonyl (C=O) groups excluding carboxylic acids is 1. The second kappa shape index (κ2) is 5.84. The van der Waals surface area contributed by atoms with Gasteiger partial charge in [-0.3, -0.25) is 4.79 Å². The molecule has 5 heteroatoms. The highest BCUT2D eigenvalue weighted by Gasteiger charge is 2.22. The van der Waals surface area contributed by atoms with Gasteiger partial charge in [-0.25, -0.2) is 4.79 Å². The lowest BCUT2D eigenvalue weighted by Gasteiger charge is -2.22. The van der Waals surface area contributed by atoms with Crippen molar-refractivity contribution in [2.45, 2.75) is 44.7 Å². The predicted molar refractivity (Wildman–Crippen MR) is 60.1 cm³/mol. The number of hydrogen-bond donors (Lipinski definition) is 2. The Morgan fingerprint density at radius 3 is 2.50 bits per heavy atom. The summed E-state index contributed by atoms with van der Waals surface area (Å²) in [5.41, 5.74) is 0. The number of aliphatic carboxylic acids is 1. The van der Waals surface area contributed by atoms with E-state index in [0.29, 0.717) is 6.04 Å². The Bertz CT molecular complexity index is 262. The maximum absolute atomic E-state index is 11.6. The van der Waals surface area contributed by atoms with E-state index in [1.165, 1.54) is 31.7 Å². The molecule has 1 rings (SSSR count). The number of nitrogens with one attached hydrogen (secondary N) is 1. The van der Waals surface area contributed by atoms with E-state index >= 15 is 0 Å². The number of carbonyl (C=O) groups is 2. The molecule has 16 heavy (non-hydrogen) atoms. The number of likely N-dealkylation sites (N-methyl/N-ethyl adjacent to an activating group) is 1. The molecule has 1 atom stereocenters. The van der Waals surface area contributed by atoms with E-state index in [0.717, 1.165) is 12.8 Å². The van der Waals surface area contributed by atoms with Crippen molar-refractivity contribution in [2.75, 3.05) is 13.6 Å². The molecule has 2 N–H and O–H groups in total. The lowest BCUT2D eigenvalue weighted by Crippen LogP contribution is -2.45. The number of carboxylic acid groups (broad SMARTS) is 1. The minimum Gasteiger partial charge on any atom is -0.480 e. The van der Waals surface area contributed by atoms with Crippen LogP contribution >= 0.6 is 0 Å². The van der Waals surface area contributed by atoms with Crippen molar-refractivity contribution in [1.29, 1.82) is 0 Å². The van der Waals surface area contributed by atoms with Crippen LogP contribution in [0.2, 0.25) is 0 Å². The zero-order valence-corrected chi connectivity index (χ0v) is 9.90. The summed E-state index contributed by atoms with van der Waals surface area (Å²) in [6.07, 6.45) is 4.66. The van der Waals surface area contributed by atoms with E-state index in [9.17, 15) is 9.59 Å². The summed E-state index contributed by atoms with van der Waals surface area (Å²) in [5, 5.41) is 11.9. The Labute approximate surface area is 95.8 Å². The third-order valence-electron chi connectivity index (χ3n) is 3.23. The van der Waals surface area contributed by atoms with Gasteiger partial charge in [0.2, 0.25) is 5.91 Å². The maximum Gasteiger partial charge on any atom is 0.326 e. The summed E-state index contributed by atoms with van der Waals surface area (Å²) in [7, 11) is 1.53. The van der Waals surface area contributed by atoms with Crippen molar-refractivity contribution in [3.05, 3.63) is 0 Å². The minimum absolute atomic E-state index is 0.165. The molecule has 1 aliphatic rings. The average Bonchev–Trinajstić information content (AvgIpc) is 2.76. The summed E-state index contributed by atoms with van der Waals surface area (Å²) in [4.78, 5) is 23.6. The first-order valence-electron chi connectivity index (χ1n) is 5.74. The van der Waals surface area contributed by atoms with Crippen LogP contribution in [0.3, 0.4) is 0 Å². The SMILES string of the molecule is CC(C(=O)O)N(C)C(=O)CNC1CCCC1. The lowest BCUT2D eigenvalue weighted by atomic mass is 10.2. The molecule has 1 amide bonds. The Kier molecular flexibility index (Phi) is 4.73. The van der Waals surface area contributed by atoms with Crippen LogP contribution in [0.4, 0.5) is 0 Å². The largest absolute Gasteiger partial charge is 0.480 e. The lowest BCUT2D eigenvalue weighted by molar-refractivity contribution is -0.147. The quantitative estimate of drug-likeness (QED) is 0.717. The van der Waals surface area contributed by atoms with Crippen LogP contribution in [0.5, 0.6) is 0 Å². The fourth-order valence-electron chi connectivity index (χ4n) is 1.87. The molecular weight excluding hydrogens is 208 g/mol. The second-order valence-electron chi connectivity index (χ2n) is 4.38. The van der Waals surface area contributed by atoms with Gasteiger partial charge in [-0.05, 0) is 19.8 Å². The Balaban J connectivity index is 2.30. The normalized spacial score (nSPS) is 18.4. The molecule has 1 aliphatic carbocycles. The molecule has 0 bridgehead atoms. The van der Waals surface area contributed by atoms with Crippen LogP contribution in [-0.2, 0) is 9.59 Å². The van der Waals surface area contributed by atoms with Crippen LogP contribution in [-0.4, -0.2) is 47.6 Å². The second-order valence-corrected chi connectivity index (χ2v) is 4.38. The monoisotopic (exact) mass is 228 g/mol. The molecule has 0 aromatic carbocycles. The molecular formula is C11H20N2O3. The Morgan fingerprint density at radius 1 is 1.44 bits per heavy atom. The van der Waals surface area contributed by atoms with Crippen molar-refractivity contribution in [3.8, 4) is 0 Å². The van der Waals surface area contributed by atoms with E-state index in [1.54, 1.807) is 0 Å². The van der Waals surface area contributed by atoms with Gasteiger partial charge in [-0.2, -0.15) is 0 Å². The zero-order valence-electron chi connectivity index (χ0n) is 9.90. The van der Waals surface area contributed by atoms with Gasteiger partial charge in [0.05, 0.1) is 6.54 Å². The third kappa shape index (κ3) is 3.48. The first-order valence-corrected chi connectivity index (χ1v) is 5.74. The van der Waals surface area contributed by atoms with Crippen molar-refractivity contribution in [3.63, 3.8) is 0 Å². The van der Waals surface area contributed by atoms with Gasteiger partial charge in [0.15, 0.2) is 0 Å². The molecule has 0 radical (unpaired) electrons. The highest BCUT2D eigenvalue weighted by atomic mass is 16.4. The molecule has 1 fully saturated rings. The van der Waals surface area contributed by atoms with Gasteiger partial charge in [0, 0.05) is 13.1 Å². The molecule has 0 aliphatic heterocycles. The van der Waals surface area contributed by atoms with Gasteiger partial charge in [0.1, 0.15) is 6.04 Å². The Morgan fingerprint density at radius 2 is 2.00 bits per heavy atom. The number of rotatable bonds is 5. The van der Waals surface area contributed by atoms with E-state index in [2.05, 4.69) is 5.32 Å². The van der Waals surface area contributed by atoms with E-state index in [4.69, 9.17) is 5.11 Å². The van der Waals surface area contributed by atoms with Crippen molar-refractivity contribution in [1.82, 2.24) is 10.2 Å². The van der Waals surface area contributed by atoms with Gasteiger partial charge < -0.3 is 15.3 Å². The number of hydrogen-bond acceptors (Lipinski definition) is 3. The van der Waals surface area contributed by atoms with Crippen LogP contribution in [0.25, 0.3) is 0 Å². The molecule has 0 saturated heterocycles. The van der Waals surface area contributed by atoms with Gasteiger partial charge in [-0.15, -0.1) is 0 Å². The van der Waals surface area contributed by atoms with Gasteiger partial charge in [0.25, 0.3) is 0 Å². The number of nitrogens with zero attached hydrogens (tertiary/aromatic N) is 1. The summed E-state index contributed by atoms with van der Waals surface area (Å²) in [5.74, 6) is -1.14. The van der Waals surface area contributed by atoms with Crippen molar-refractivity contribution in [2.24, 2.45) is 0 Å². The molecule has 1 saturated carbocycles. The molecule has 5 nitrogen and oxygen atoms in total. The summed E-state index contributed by atoms with van der Waals surface area (Å²) < 4.78 is 0. The molecule has 92 valence electrons. The minimum atomic E-state index is -0.975. The van der Waals surface area contributed by atoms with Crippen LogP contribution < -0.4 is 5.32 Å². The highest BCUT2D eigenvalue weighted by molar-refractivity contribution is 5.84. The van der Waals surface area contributed by atoms with E-state index in [-0.39, 0.29) is 12.5 Å². The zero-order chi connectivity index (χ0) is 12.1. The summed E-state index contributed by atoms with van der Waals surface area (Å²) in [6, 6.07) is -0.338. The number of amides is 1. The summed E-state index contributed by atoms with van der Waals surface area (Å²) in [6.45, 7) is 1.74. The summed E-state index contributed by atoms with van der Waals surface area (Å²) >= 11 is 0. The fraction of sp³-hybridized carbons (Fsp3) is 0.818. The third-order valence-corrected chi connectivity index (χ3v) is 3.23. The topological polar surface area (TPSA) is 69.6 Å². The number of carboxylic acids is 1. The first-order chi connectivity index (χ1) is 7.52. The van der Waals surface area contributed by atoms with Crippen LogP contribution in [0, 0.1) is 0 Å². The Hall–Kier alpha value is -1.10. The molecule has 0 aromatic heterocycles. The fourth-order valence-corrected chi connectivity index (χ4v) is 1.87. The van der Waals surface area contributed by atoms with Gasteiger partial charge in [-0.1, -0.05) is 12.8 Å². The highest BCUT2D eigenvalue weighted by Crippen LogP contribution is 2.17. The average molecular weight is 228 g/mol. The molecule has 0 aromatic rings. The van der Waals surface area contributed by atoms with E-state index < -0.39 is 12.0 Å². The van der Waals surface area contributed by atoms with Gasteiger partial charge >= 0.3 is 5.97 Å².